The summed E-state index contributed by atoms with van der Waals surface area (Å²) < 4.78 is 5.38. The highest BCUT2D eigenvalue weighted by molar-refractivity contribution is 5.87. The zero-order valence-corrected chi connectivity index (χ0v) is 12.8. The molecule has 0 aromatic carbocycles. The number of rotatable bonds is 2. The van der Waals surface area contributed by atoms with Gasteiger partial charge >= 0.3 is 6.09 Å². The molecule has 114 valence electrons. The summed E-state index contributed by atoms with van der Waals surface area (Å²) in [5, 5.41) is 3.25. The van der Waals surface area contributed by atoms with Crippen LogP contribution < -0.4 is 5.32 Å². The van der Waals surface area contributed by atoms with Gasteiger partial charge in [-0.1, -0.05) is 6.07 Å². The number of nitrogens with one attached hydrogen (secondary N) is 1. The number of carbonyl (C=O) groups is 1. The van der Waals surface area contributed by atoms with Crippen LogP contribution in [0, 0.1) is 0 Å². The van der Waals surface area contributed by atoms with E-state index in [1.165, 1.54) is 0 Å². The normalized spacial score (nSPS) is 15.4. The fourth-order valence-electron chi connectivity index (χ4n) is 1.92. The van der Waals surface area contributed by atoms with Crippen molar-refractivity contribution in [1.29, 1.82) is 0 Å². The quantitative estimate of drug-likeness (QED) is 0.902. The molecule has 0 atom stereocenters. The van der Waals surface area contributed by atoms with Gasteiger partial charge in [-0.2, -0.15) is 0 Å². The van der Waals surface area contributed by atoms with Crippen LogP contribution >= 0.6 is 0 Å². The highest BCUT2D eigenvalue weighted by Crippen LogP contribution is 2.11. The summed E-state index contributed by atoms with van der Waals surface area (Å²) in [7, 11) is 0. The highest BCUT2D eigenvalue weighted by Gasteiger charge is 2.24. The largest absolute Gasteiger partial charge is 0.444 e. The van der Waals surface area contributed by atoms with E-state index in [-0.39, 0.29) is 6.09 Å². The molecule has 0 unspecified atom stereocenters. The second-order valence-electron chi connectivity index (χ2n) is 5.95. The van der Waals surface area contributed by atoms with Crippen molar-refractivity contribution in [1.82, 2.24) is 15.2 Å². The van der Waals surface area contributed by atoms with Crippen molar-refractivity contribution in [3.63, 3.8) is 0 Å². The summed E-state index contributed by atoms with van der Waals surface area (Å²) in [4.78, 5) is 22.2. The van der Waals surface area contributed by atoms with Crippen LogP contribution in [0.4, 0.5) is 4.79 Å². The van der Waals surface area contributed by atoms with E-state index in [4.69, 9.17) is 4.74 Å². The summed E-state index contributed by atoms with van der Waals surface area (Å²) >= 11 is 0. The Kier molecular flexibility index (Phi) is 4.77. The van der Waals surface area contributed by atoms with Crippen molar-refractivity contribution in [3.8, 4) is 0 Å². The predicted molar refractivity (Wildman–Crippen MR) is 81.2 cm³/mol. The van der Waals surface area contributed by atoms with Crippen molar-refractivity contribution < 1.29 is 9.53 Å². The molecule has 2 rings (SSSR count). The number of hydrogen-bond acceptors (Lipinski definition) is 5. The lowest BCUT2D eigenvalue weighted by Crippen LogP contribution is -2.47. The Balaban J connectivity index is 1.86. The first-order valence-corrected chi connectivity index (χ1v) is 7.08. The van der Waals surface area contributed by atoms with E-state index >= 15 is 0 Å². The first-order chi connectivity index (χ1) is 9.94. The fourth-order valence-corrected chi connectivity index (χ4v) is 1.92. The minimum absolute atomic E-state index is 0.293. The average Bonchev–Trinajstić information content (AvgIpc) is 2.45. The molecule has 0 spiro atoms. The van der Waals surface area contributed by atoms with Crippen LogP contribution in [0.2, 0.25) is 0 Å². The molecular formula is C15H22N4O2. The van der Waals surface area contributed by atoms with Gasteiger partial charge in [-0.15, -0.1) is 0 Å². The number of amidine groups is 1. The van der Waals surface area contributed by atoms with Gasteiger partial charge in [-0.25, -0.2) is 4.79 Å². The Morgan fingerprint density at radius 3 is 2.95 bits per heavy atom. The minimum Gasteiger partial charge on any atom is -0.444 e. The van der Waals surface area contributed by atoms with E-state index in [1.54, 1.807) is 11.1 Å². The molecule has 0 saturated carbocycles. The third-order valence-corrected chi connectivity index (χ3v) is 2.88. The third kappa shape index (κ3) is 5.06. The zero-order chi connectivity index (χ0) is 15.3. The van der Waals surface area contributed by atoms with E-state index in [0.717, 1.165) is 11.4 Å². The van der Waals surface area contributed by atoms with Gasteiger partial charge in [0.15, 0.2) is 0 Å². The predicted octanol–water partition coefficient (Wildman–Crippen LogP) is 1.82. The summed E-state index contributed by atoms with van der Waals surface area (Å²) in [6.45, 7) is 7.88. The van der Waals surface area contributed by atoms with Crippen molar-refractivity contribution >= 4 is 11.9 Å². The molecule has 0 bridgehead atoms. The molecule has 6 heteroatoms. The summed E-state index contributed by atoms with van der Waals surface area (Å²) in [5.41, 5.74) is 0.601. The third-order valence-electron chi connectivity index (χ3n) is 2.88. The molecule has 6 nitrogen and oxygen atoms in total. The highest BCUT2D eigenvalue weighted by atomic mass is 16.6. The second-order valence-corrected chi connectivity index (χ2v) is 5.95. The molecule has 2 heterocycles. The van der Waals surface area contributed by atoms with Gasteiger partial charge < -0.3 is 10.1 Å². The number of amides is 1. The van der Waals surface area contributed by atoms with Gasteiger partial charge in [-0.3, -0.25) is 14.9 Å². The van der Waals surface area contributed by atoms with Gasteiger partial charge in [0.05, 0.1) is 13.1 Å². The molecule has 1 aliphatic heterocycles. The minimum atomic E-state index is -0.477. The van der Waals surface area contributed by atoms with E-state index < -0.39 is 5.60 Å². The topological polar surface area (TPSA) is 66.8 Å². The maximum atomic E-state index is 12.0. The van der Waals surface area contributed by atoms with E-state index in [9.17, 15) is 4.79 Å². The fraction of sp³-hybridized carbons (Fsp3) is 0.533. The standard InChI is InChI=1S/C15H22N4O2/c1-15(2,3)21-14(20)19-8-7-17-13(11-19)18-10-12-5-4-6-16-9-12/h4-6,9H,7-8,10-11H2,1-3H3,(H,17,18). The van der Waals surface area contributed by atoms with E-state index in [0.29, 0.717) is 26.2 Å². The molecule has 1 aliphatic rings. The molecular weight excluding hydrogens is 268 g/mol. The van der Waals surface area contributed by atoms with Gasteiger partial charge in [0.25, 0.3) is 0 Å². The number of ether oxygens (including phenoxy) is 1. The second kappa shape index (κ2) is 6.56. The van der Waals surface area contributed by atoms with Gasteiger partial charge in [0, 0.05) is 25.5 Å². The lowest BCUT2D eigenvalue weighted by Gasteiger charge is -2.29. The van der Waals surface area contributed by atoms with Gasteiger partial charge in [0.2, 0.25) is 0 Å². The number of carbonyl (C=O) groups excluding carboxylic acids is 1. The van der Waals surface area contributed by atoms with E-state index in [1.807, 2.05) is 39.1 Å². The van der Waals surface area contributed by atoms with Crippen molar-refractivity contribution in [2.45, 2.75) is 32.9 Å². The Morgan fingerprint density at radius 2 is 2.29 bits per heavy atom. The first-order valence-electron chi connectivity index (χ1n) is 7.08. The Hall–Kier alpha value is -2.11. The summed E-state index contributed by atoms with van der Waals surface area (Å²) in [5.74, 6) is 0.802. The van der Waals surface area contributed by atoms with Crippen molar-refractivity contribution in [2.24, 2.45) is 4.99 Å². The maximum Gasteiger partial charge on any atom is 0.410 e. The number of aromatic nitrogens is 1. The Morgan fingerprint density at radius 1 is 1.48 bits per heavy atom. The molecule has 21 heavy (non-hydrogen) atoms. The molecule has 1 aromatic rings. The van der Waals surface area contributed by atoms with Gasteiger partial charge in [-0.05, 0) is 32.4 Å². The number of pyridine rings is 1. The smallest absolute Gasteiger partial charge is 0.410 e. The molecule has 0 radical (unpaired) electrons. The Bertz CT molecular complexity index is 508. The number of nitrogens with zero attached hydrogens (tertiary/aromatic N) is 3. The first kappa shape index (κ1) is 15.3. The van der Waals surface area contributed by atoms with Crippen LogP contribution in [-0.2, 0) is 11.3 Å². The van der Waals surface area contributed by atoms with Crippen LogP contribution in [-0.4, -0.2) is 47.0 Å². The lowest BCUT2D eigenvalue weighted by molar-refractivity contribution is 0.0276. The maximum absolute atomic E-state index is 12.0. The number of hydrogen-bond donors (Lipinski definition) is 1. The molecule has 1 N–H and O–H groups in total. The van der Waals surface area contributed by atoms with Crippen LogP contribution in [0.5, 0.6) is 0 Å². The van der Waals surface area contributed by atoms with Crippen LogP contribution in [0.25, 0.3) is 0 Å². The van der Waals surface area contributed by atoms with Crippen LogP contribution in [0.3, 0.4) is 0 Å². The van der Waals surface area contributed by atoms with Crippen LogP contribution in [0.15, 0.2) is 29.5 Å². The molecule has 1 aromatic heterocycles. The van der Waals surface area contributed by atoms with Crippen molar-refractivity contribution in [2.75, 3.05) is 19.6 Å². The number of aliphatic imine (C=N–C) groups is 1. The average molecular weight is 290 g/mol. The Labute approximate surface area is 125 Å². The summed E-state index contributed by atoms with van der Waals surface area (Å²) in [6.07, 6.45) is 3.26. The zero-order valence-electron chi connectivity index (χ0n) is 12.8. The monoisotopic (exact) mass is 290 g/mol. The SMILES string of the molecule is CC(C)(C)OC(=O)N1CCN=C(NCc2cccnc2)C1. The molecule has 0 aliphatic carbocycles. The van der Waals surface area contributed by atoms with Crippen LogP contribution in [0.1, 0.15) is 26.3 Å². The molecule has 0 saturated heterocycles. The van der Waals surface area contributed by atoms with Gasteiger partial charge in [0.1, 0.15) is 11.4 Å². The van der Waals surface area contributed by atoms with E-state index in [2.05, 4.69) is 15.3 Å². The molecule has 0 fully saturated rings. The lowest BCUT2D eigenvalue weighted by atomic mass is 10.2. The molecule has 1 amide bonds. The van der Waals surface area contributed by atoms with Crippen molar-refractivity contribution in [3.05, 3.63) is 30.1 Å². The summed E-state index contributed by atoms with van der Waals surface area (Å²) in [6, 6.07) is 3.89.